The summed E-state index contributed by atoms with van der Waals surface area (Å²) in [4.78, 5) is 15.4. The zero-order valence-electron chi connectivity index (χ0n) is 17.2. The molecule has 1 aromatic carbocycles. The molecule has 7 heteroatoms. The highest BCUT2D eigenvalue weighted by Gasteiger charge is 2.21. The summed E-state index contributed by atoms with van der Waals surface area (Å²) in [5.74, 6) is 2.60. The van der Waals surface area contributed by atoms with E-state index >= 15 is 0 Å². The molecule has 1 aliphatic heterocycles. The smallest absolute Gasteiger partial charge is 0.129 e. The Labute approximate surface area is 176 Å². The van der Waals surface area contributed by atoms with E-state index in [1.54, 1.807) is 6.33 Å². The summed E-state index contributed by atoms with van der Waals surface area (Å²) in [6.07, 6.45) is 4.76. The highest BCUT2D eigenvalue weighted by atomic mass is 16.5. The molecular weight excluding hydrogens is 378 g/mol. The van der Waals surface area contributed by atoms with Crippen LogP contribution in [0.25, 0.3) is 11.3 Å². The Kier molecular flexibility index (Phi) is 6.39. The maximum Gasteiger partial charge on any atom is 0.129 e. The summed E-state index contributed by atoms with van der Waals surface area (Å²) in [7, 11) is 0. The van der Waals surface area contributed by atoms with Gasteiger partial charge in [-0.15, -0.1) is 0 Å². The standard InChI is InChI=1S/C23H27N5O2/c1-2-30-21-6-4-3-5-17(21)9-11-24-22-13-20(26-16-27-22)18-7-8-23(25-14-18)28-12-10-19(29)15-28/h3-8,13-14,16,19,29H,2,9-12,15H2,1H3,(H,24,26,27)/t19-/m1/s1. The zero-order valence-corrected chi connectivity index (χ0v) is 17.2. The average molecular weight is 406 g/mol. The number of para-hydroxylation sites is 1. The minimum Gasteiger partial charge on any atom is -0.494 e. The Morgan fingerprint density at radius 2 is 2.07 bits per heavy atom. The predicted octanol–water partition coefficient (Wildman–Crippen LogP) is 3.16. The van der Waals surface area contributed by atoms with Gasteiger partial charge in [-0.25, -0.2) is 15.0 Å². The molecule has 2 aromatic heterocycles. The SMILES string of the molecule is CCOc1ccccc1CCNc1cc(-c2ccc(N3CC[C@@H](O)C3)nc2)ncn1. The molecule has 0 aliphatic carbocycles. The van der Waals surface area contributed by atoms with Gasteiger partial charge in [-0.2, -0.15) is 0 Å². The van der Waals surface area contributed by atoms with Gasteiger partial charge in [0.2, 0.25) is 0 Å². The number of anilines is 2. The van der Waals surface area contributed by atoms with Crippen molar-refractivity contribution in [2.75, 3.05) is 36.5 Å². The number of rotatable bonds is 8. The number of pyridine rings is 1. The normalized spacial score (nSPS) is 15.9. The molecule has 7 nitrogen and oxygen atoms in total. The van der Waals surface area contributed by atoms with E-state index in [0.29, 0.717) is 13.2 Å². The summed E-state index contributed by atoms with van der Waals surface area (Å²) in [5.41, 5.74) is 2.93. The lowest BCUT2D eigenvalue weighted by atomic mass is 10.1. The van der Waals surface area contributed by atoms with Gasteiger partial charge < -0.3 is 20.1 Å². The highest BCUT2D eigenvalue weighted by molar-refractivity contribution is 5.62. The first-order valence-electron chi connectivity index (χ1n) is 10.4. The number of aliphatic hydroxyl groups is 1. The van der Waals surface area contributed by atoms with Gasteiger partial charge in [0.05, 0.1) is 18.4 Å². The molecule has 0 unspecified atom stereocenters. The van der Waals surface area contributed by atoms with Crippen LogP contribution in [0.2, 0.25) is 0 Å². The minimum absolute atomic E-state index is 0.262. The largest absolute Gasteiger partial charge is 0.494 e. The van der Waals surface area contributed by atoms with Gasteiger partial charge in [0, 0.05) is 37.5 Å². The second kappa shape index (κ2) is 9.54. The third-order valence-electron chi connectivity index (χ3n) is 5.17. The van der Waals surface area contributed by atoms with E-state index < -0.39 is 0 Å². The molecule has 0 radical (unpaired) electrons. The van der Waals surface area contributed by atoms with Crippen LogP contribution in [-0.4, -0.2) is 52.4 Å². The number of aliphatic hydroxyl groups excluding tert-OH is 1. The summed E-state index contributed by atoms with van der Waals surface area (Å²) < 4.78 is 5.69. The van der Waals surface area contributed by atoms with Gasteiger partial charge in [-0.05, 0) is 43.5 Å². The van der Waals surface area contributed by atoms with Crippen molar-refractivity contribution in [2.24, 2.45) is 0 Å². The molecule has 3 aromatic rings. The third-order valence-corrected chi connectivity index (χ3v) is 5.17. The summed E-state index contributed by atoms with van der Waals surface area (Å²) in [6, 6.07) is 14.0. The van der Waals surface area contributed by atoms with Crippen molar-refractivity contribution in [1.29, 1.82) is 0 Å². The van der Waals surface area contributed by atoms with Crippen molar-refractivity contribution in [3.05, 3.63) is 60.6 Å². The van der Waals surface area contributed by atoms with Crippen molar-refractivity contribution in [1.82, 2.24) is 15.0 Å². The van der Waals surface area contributed by atoms with Crippen LogP contribution < -0.4 is 15.0 Å². The number of nitrogens with one attached hydrogen (secondary N) is 1. The molecule has 0 amide bonds. The number of hydrogen-bond donors (Lipinski definition) is 2. The maximum absolute atomic E-state index is 9.71. The number of nitrogens with zero attached hydrogens (tertiary/aromatic N) is 4. The fraction of sp³-hybridized carbons (Fsp3) is 0.348. The number of β-amino-alcohol motifs (C(OH)–C–C–N with tert-alkyl or cyclic N) is 1. The molecule has 0 bridgehead atoms. The van der Waals surface area contributed by atoms with E-state index in [9.17, 15) is 5.11 Å². The minimum atomic E-state index is -0.262. The van der Waals surface area contributed by atoms with Crippen LogP contribution in [-0.2, 0) is 6.42 Å². The predicted molar refractivity (Wildman–Crippen MR) is 118 cm³/mol. The second-order valence-electron chi connectivity index (χ2n) is 7.30. The van der Waals surface area contributed by atoms with E-state index in [4.69, 9.17) is 4.74 Å². The van der Waals surface area contributed by atoms with Crippen LogP contribution in [0.3, 0.4) is 0 Å². The summed E-state index contributed by atoms with van der Waals surface area (Å²) in [5, 5.41) is 13.1. The Morgan fingerprint density at radius 3 is 2.83 bits per heavy atom. The Hall–Kier alpha value is -3.19. The molecule has 1 saturated heterocycles. The van der Waals surface area contributed by atoms with Crippen molar-refractivity contribution in [3.63, 3.8) is 0 Å². The lowest BCUT2D eigenvalue weighted by Crippen LogP contribution is -2.21. The van der Waals surface area contributed by atoms with E-state index in [-0.39, 0.29) is 6.10 Å². The fourth-order valence-corrected chi connectivity index (χ4v) is 3.62. The lowest BCUT2D eigenvalue weighted by Gasteiger charge is -2.16. The van der Waals surface area contributed by atoms with Gasteiger partial charge >= 0.3 is 0 Å². The summed E-state index contributed by atoms with van der Waals surface area (Å²) >= 11 is 0. The van der Waals surface area contributed by atoms with E-state index in [0.717, 1.165) is 54.6 Å². The first kappa shape index (κ1) is 20.1. The van der Waals surface area contributed by atoms with E-state index in [1.165, 1.54) is 5.56 Å². The highest BCUT2D eigenvalue weighted by Crippen LogP contribution is 2.23. The fourth-order valence-electron chi connectivity index (χ4n) is 3.62. The molecule has 0 saturated carbocycles. The van der Waals surface area contributed by atoms with E-state index in [1.807, 2.05) is 49.5 Å². The zero-order chi connectivity index (χ0) is 20.8. The van der Waals surface area contributed by atoms with E-state index in [2.05, 4.69) is 31.2 Å². The third kappa shape index (κ3) is 4.86. The number of benzene rings is 1. The van der Waals surface area contributed by atoms with Crippen LogP contribution in [0.5, 0.6) is 5.75 Å². The molecule has 3 heterocycles. The quantitative estimate of drug-likeness (QED) is 0.596. The van der Waals surface area contributed by atoms with Crippen molar-refractivity contribution in [2.45, 2.75) is 25.9 Å². The monoisotopic (exact) mass is 405 g/mol. The molecule has 30 heavy (non-hydrogen) atoms. The number of aromatic nitrogens is 3. The second-order valence-corrected chi connectivity index (χ2v) is 7.30. The van der Waals surface area contributed by atoms with Crippen LogP contribution in [0.4, 0.5) is 11.6 Å². The van der Waals surface area contributed by atoms with Gasteiger partial charge in [-0.1, -0.05) is 18.2 Å². The van der Waals surface area contributed by atoms with Gasteiger partial charge in [0.15, 0.2) is 0 Å². The molecule has 1 atom stereocenters. The number of ether oxygens (including phenoxy) is 1. The molecule has 2 N–H and O–H groups in total. The first-order chi connectivity index (χ1) is 14.7. The van der Waals surface area contributed by atoms with Gasteiger partial charge in [0.25, 0.3) is 0 Å². The molecular formula is C23H27N5O2. The molecule has 1 aliphatic rings. The first-order valence-corrected chi connectivity index (χ1v) is 10.4. The van der Waals surface area contributed by atoms with Crippen molar-refractivity contribution < 1.29 is 9.84 Å². The Bertz CT molecular complexity index is 964. The topological polar surface area (TPSA) is 83.4 Å². The van der Waals surface area contributed by atoms with Crippen molar-refractivity contribution in [3.8, 4) is 17.0 Å². The molecule has 1 fully saturated rings. The number of hydrogen-bond acceptors (Lipinski definition) is 7. The molecule has 156 valence electrons. The van der Waals surface area contributed by atoms with Crippen LogP contribution in [0, 0.1) is 0 Å². The Morgan fingerprint density at radius 1 is 1.17 bits per heavy atom. The van der Waals surface area contributed by atoms with Crippen LogP contribution in [0.1, 0.15) is 18.9 Å². The average Bonchev–Trinajstić information content (AvgIpc) is 3.22. The van der Waals surface area contributed by atoms with Gasteiger partial charge in [0.1, 0.15) is 23.7 Å². The van der Waals surface area contributed by atoms with Crippen LogP contribution in [0.15, 0.2) is 55.0 Å². The van der Waals surface area contributed by atoms with Crippen LogP contribution >= 0.6 is 0 Å². The summed E-state index contributed by atoms with van der Waals surface area (Å²) in [6.45, 7) is 4.87. The molecule has 4 rings (SSSR count). The maximum atomic E-state index is 9.71. The van der Waals surface area contributed by atoms with Gasteiger partial charge in [-0.3, -0.25) is 0 Å². The Balaban J connectivity index is 1.38. The molecule has 0 spiro atoms. The lowest BCUT2D eigenvalue weighted by molar-refractivity contribution is 0.198. The van der Waals surface area contributed by atoms with Crippen molar-refractivity contribution >= 4 is 11.6 Å².